The van der Waals surface area contributed by atoms with Crippen LogP contribution in [0, 0.1) is 11.7 Å². The molecule has 0 radical (unpaired) electrons. The van der Waals surface area contributed by atoms with E-state index in [9.17, 15) is 4.39 Å². The molecule has 21 heavy (non-hydrogen) atoms. The molecule has 0 aromatic heterocycles. The molecule has 0 fully saturated rings. The van der Waals surface area contributed by atoms with Crippen molar-refractivity contribution in [2.75, 3.05) is 7.05 Å². The Labute approximate surface area is 127 Å². The standard InChI is InChI=1S/C19H24FN/c1-14(2)12-15-8-10-16(11-9-15)19(21-3)13-17-6-4-5-7-18(17)20/h4-11,14,19,21H,12-13H2,1-3H3. The van der Waals surface area contributed by atoms with Crippen LogP contribution in [0.25, 0.3) is 0 Å². The van der Waals surface area contributed by atoms with Gasteiger partial charge in [0, 0.05) is 6.04 Å². The molecule has 0 aliphatic heterocycles. The maximum absolute atomic E-state index is 13.8. The van der Waals surface area contributed by atoms with E-state index in [0.717, 1.165) is 12.0 Å². The van der Waals surface area contributed by atoms with Crippen molar-refractivity contribution in [2.24, 2.45) is 5.92 Å². The van der Waals surface area contributed by atoms with E-state index in [1.165, 1.54) is 17.2 Å². The number of hydrogen-bond acceptors (Lipinski definition) is 1. The molecule has 0 saturated heterocycles. The van der Waals surface area contributed by atoms with Gasteiger partial charge in [-0.1, -0.05) is 56.3 Å². The maximum Gasteiger partial charge on any atom is 0.126 e. The number of rotatable bonds is 6. The molecule has 2 rings (SSSR count). The van der Waals surface area contributed by atoms with Crippen molar-refractivity contribution in [3.05, 3.63) is 71.0 Å². The van der Waals surface area contributed by atoms with Crippen LogP contribution in [-0.4, -0.2) is 7.05 Å². The molecule has 1 unspecified atom stereocenters. The third kappa shape index (κ3) is 4.40. The molecule has 0 saturated carbocycles. The summed E-state index contributed by atoms with van der Waals surface area (Å²) in [5, 5.41) is 3.29. The van der Waals surface area contributed by atoms with E-state index in [1.54, 1.807) is 6.07 Å². The Morgan fingerprint density at radius 3 is 2.19 bits per heavy atom. The fourth-order valence-electron chi connectivity index (χ4n) is 2.63. The van der Waals surface area contributed by atoms with E-state index in [-0.39, 0.29) is 11.9 Å². The van der Waals surface area contributed by atoms with Crippen molar-refractivity contribution in [3.8, 4) is 0 Å². The molecule has 0 spiro atoms. The molecule has 0 heterocycles. The molecular weight excluding hydrogens is 261 g/mol. The Kier molecular flexibility index (Phi) is 5.51. The SMILES string of the molecule is CNC(Cc1ccccc1F)c1ccc(CC(C)C)cc1. The van der Waals surface area contributed by atoms with Crippen LogP contribution in [-0.2, 0) is 12.8 Å². The summed E-state index contributed by atoms with van der Waals surface area (Å²) in [7, 11) is 1.92. The van der Waals surface area contributed by atoms with E-state index in [0.29, 0.717) is 12.3 Å². The second-order valence-corrected chi connectivity index (χ2v) is 5.98. The van der Waals surface area contributed by atoms with Crippen molar-refractivity contribution in [1.82, 2.24) is 5.32 Å². The van der Waals surface area contributed by atoms with Gasteiger partial charge in [0.05, 0.1) is 0 Å². The predicted molar refractivity (Wildman–Crippen MR) is 86.9 cm³/mol. The van der Waals surface area contributed by atoms with Crippen LogP contribution in [0.1, 0.15) is 36.6 Å². The Bertz CT molecular complexity index is 560. The molecule has 1 nitrogen and oxygen atoms in total. The van der Waals surface area contributed by atoms with Crippen LogP contribution in [0.15, 0.2) is 48.5 Å². The Balaban J connectivity index is 2.12. The maximum atomic E-state index is 13.8. The van der Waals surface area contributed by atoms with Crippen molar-refractivity contribution >= 4 is 0 Å². The van der Waals surface area contributed by atoms with Gasteiger partial charge in [0.2, 0.25) is 0 Å². The van der Waals surface area contributed by atoms with Crippen LogP contribution < -0.4 is 5.32 Å². The molecule has 2 aromatic rings. The zero-order valence-corrected chi connectivity index (χ0v) is 13.1. The molecule has 1 N–H and O–H groups in total. The first kappa shape index (κ1) is 15.7. The summed E-state index contributed by atoms with van der Waals surface area (Å²) in [6, 6.07) is 15.8. The minimum Gasteiger partial charge on any atom is -0.313 e. The average molecular weight is 285 g/mol. The number of benzene rings is 2. The first-order valence-electron chi connectivity index (χ1n) is 7.59. The average Bonchev–Trinajstić information content (AvgIpc) is 2.47. The summed E-state index contributed by atoms with van der Waals surface area (Å²) in [6.07, 6.45) is 1.75. The summed E-state index contributed by atoms with van der Waals surface area (Å²) in [5.41, 5.74) is 3.31. The number of likely N-dealkylation sites (N-methyl/N-ethyl adjacent to an activating group) is 1. The highest BCUT2D eigenvalue weighted by atomic mass is 19.1. The molecule has 0 aliphatic rings. The lowest BCUT2D eigenvalue weighted by Gasteiger charge is -2.18. The molecule has 112 valence electrons. The second kappa shape index (κ2) is 7.37. The fourth-order valence-corrected chi connectivity index (χ4v) is 2.63. The fraction of sp³-hybridized carbons (Fsp3) is 0.368. The highest BCUT2D eigenvalue weighted by Crippen LogP contribution is 2.21. The lowest BCUT2D eigenvalue weighted by Crippen LogP contribution is -2.19. The molecule has 2 aromatic carbocycles. The third-order valence-corrected chi connectivity index (χ3v) is 3.76. The molecule has 2 heteroatoms. The largest absolute Gasteiger partial charge is 0.313 e. The first-order chi connectivity index (χ1) is 10.1. The van der Waals surface area contributed by atoms with E-state index < -0.39 is 0 Å². The smallest absolute Gasteiger partial charge is 0.126 e. The molecule has 0 aliphatic carbocycles. The van der Waals surface area contributed by atoms with Crippen molar-refractivity contribution in [2.45, 2.75) is 32.7 Å². The van der Waals surface area contributed by atoms with Gasteiger partial charge in [-0.2, -0.15) is 0 Å². The predicted octanol–water partition coefficient (Wildman–Crippen LogP) is 4.53. The number of hydrogen-bond donors (Lipinski definition) is 1. The van der Waals surface area contributed by atoms with Crippen molar-refractivity contribution in [3.63, 3.8) is 0 Å². The van der Waals surface area contributed by atoms with Crippen LogP contribution in [0.4, 0.5) is 4.39 Å². The van der Waals surface area contributed by atoms with Gasteiger partial charge in [0.15, 0.2) is 0 Å². The topological polar surface area (TPSA) is 12.0 Å². The molecule has 0 amide bonds. The lowest BCUT2D eigenvalue weighted by molar-refractivity contribution is 0.554. The minimum absolute atomic E-state index is 0.130. The Hall–Kier alpha value is -1.67. The number of halogens is 1. The zero-order chi connectivity index (χ0) is 15.2. The van der Waals surface area contributed by atoms with Crippen molar-refractivity contribution in [1.29, 1.82) is 0 Å². The summed E-state index contributed by atoms with van der Waals surface area (Å²) in [5.74, 6) is 0.531. The summed E-state index contributed by atoms with van der Waals surface area (Å²) < 4.78 is 13.8. The zero-order valence-electron chi connectivity index (χ0n) is 13.1. The second-order valence-electron chi connectivity index (χ2n) is 5.98. The van der Waals surface area contributed by atoms with Gasteiger partial charge >= 0.3 is 0 Å². The van der Waals surface area contributed by atoms with E-state index >= 15 is 0 Å². The van der Waals surface area contributed by atoms with Crippen LogP contribution in [0.2, 0.25) is 0 Å². The van der Waals surface area contributed by atoms with Gasteiger partial charge in [-0.3, -0.25) is 0 Å². The summed E-state index contributed by atoms with van der Waals surface area (Å²) in [6.45, 7) is 4.45. The van der Waals surface area contributed by atoms with E-state index in [1.807, 2.05) is 19.2 Å². The quantitative estimate of drug-likeness (QED) is 0.822. The molecular formula is C19H24FN. The molecule has 1 atom stereocenters. The first-order valence-corrected chi connectivity index (χ1v) is 7.59. The van der Waals surface area contributed by atoms with Gasteiger partial charge in [0.25, 0.3) is 0 Å². The summed E-state index contributed by atoms with van der Waals surface area (Å²) in [4.78, 5) is 0. The van der Waals surface area contributed by atoms with Gasteiger partial charge in [-0.05, 0) is 48.6 Å². The normalized spacial score (nSPS) is 12.6. The summed E-state index contributed by atoms with van der Waals surface area (Å²) >= 11 is 0. The van der Waals surface area contributed by atoms with Crippen LogP contribution in [0.5, 0.6) is 0 Å². The third-order valence-electron chi connectivity index (χ3n) is 3.76. The van der Waals surface area contributed by atoms with Gasteiger partial charge < -0.3 is 5.32 Å². The number of nitrogens with one attached hydrogen (secondary N) is 1. The van der Waals surface area contributed by atoms with E-state index in [4.69, 9.17) is 0 Å². The highest BCUT2D eigenvalue weighted by Gasteiger charge is 2.12. The molecule has 0 bridgehead atoms. The van der Waals surface area contributed by atoms with Crippen molar-refractivity contribution < 1.29 is 4.39 Å². The van der Waals surface area contributed by atoms with E-state index in [2.05, 4.69) is 43.4 Å². The van der Waals surface area contributed by atoms with Crippen LogP contribution in [0.3, 0.4) is 0 Å². The van der Waals surface area contributed by atoms with Gasteiger partial charge in [0.1, 0.15) is 5.82 Å². The van der Waals surface area contributed by atoms with Crippen LogP contribution >= 0.6 is 0 Å². The Morgan fingerprint density at radius 2 is 1.62 bits per heavy atom. The van der Waals surface area contributed by atoms with Gasteiger partial charge in [-0.15, -0.1) is 0 Å². The Morgan fingerprint density at radius 1 is 0.952 bits per heavy atom. The monoisotopic (exact) mass is 285 g/mol. The minimum atomic E-state index is -0.130. The lowest BCUT2D eigenvalue weighted by atomic mass is 9.96. The highest BCUT2D eigenvalue weighted by molar-refractivity contribution is 5.28. The van der Waals surface area contributed by atoms with Gasteiger partial charge in [-0.25, -0.2) is 4.39 Å².